The fraction of sp³-hybridized carbons (Fsp3) is 0.259. The van der Waals surface area contributed by atoms with Gasteiger partial charge in [0.2, 0.25) is 21.8 Å². The molecule has 0 aliphatic carbocycles. The van der Waals surface area contributed by atoms with E-state index < -0.39 is 28.5 Å². The van der Waals surface area contributed by atoms with E-state index in [1.54, 1.807) is 18.2 Å². The average Bonchev–Trinajstić information content (AvgIpc) is 2.85. The summed E-state index contributed by atoms with van der Waals surface area (Å²) < 4.78 is 27.3. The van der Waals surface area contributed by atoms with Crippen LogP contribution < -0.4 is 9.62 Å². The first kappa shape index (κ1) is 28.7. The molecule has 1 N–H and O–H groups in total. The van der Waals surface area contributed by atoms with E-state index in [-0.39, 0.29) is 24.6 Å². The fourth-order valence-corrected chi connectivity index (χ4v) is 5.17. The lowest BCUT2D eigenvalue weighted by Gasteiger charge is -2.33. The standard InChI is InChI=1S/C27H29BrClN3O4S/c1-3-30-27(34)25(16-20-8-5-4-6-9-20)31(18-21-12-14-22(28)15-13-21)26(33)19-32(37(2,35)36)24-11-7-10-23(29)17-24/h4-15,17,25H,3,16,18-19H2,1-2H3,(H,30,34)/t25-/m0/s1. The van der Waals surface area contributed by atoms with E-state index in [0.29, 0.717) is 11.6 Å². The van der Waals surface area contributed by atoms with Crippen molar-refractivity contribution < 1.29 is 18.0 Å². The molecule has 3 aromatic rings. The van der Waals surface area contributed by atoms with E-state index in [1.807, 2.05) is 61.5 Å². The number of nitrogens with zero attached hydrogens (tertiary/aromatic N) is 2. The lowest BCUT2D eigenvalue weighted by molar-refractivity contribution is -0.140. The monoisotopic (exact) mass is 605 g/mol. The molecule has 0 spiro atoms. The molecule has 0 saturated carbocycles. The number of anilines is 1. The van der Waals surface area contributed by atoms with Crippen LogP contribution >= 0.6 is 27.5 Å². The molecule has 2 amide bonds. The van der Waals surface area contributed by atoms with E-state index in [0.717, 1.165) is 26.2 Å². The summed E-state index contributed by atoms with van der Waals surface area (Å²) in [6.45, 7) is 1.83. The number of nitrogens with one attached hydrogen (secondary N) is 1. The second-order valence-corrected chi connectivity index (χ2v) is 11.8. The summed E-state index contributed by atoms with van der Waals surface area (Å²) in [5.74, 6) is -0.828. The Bertz CT molecular complexity index is 1320. The van der Waals surface area contributed by atoms with Gasteiger partial charge in [-0.25, -0.2) is 8.42 Å². The van der Waals surface area contributed by atoms with Crippen LogP contribution in [0.25, 0.3) is 0 Å². The Morgan fingerprint density at radius 1 is 0.973 bits per heavy atom. The molecule has 3 rings (SSSR count). The number of hydrogen-bond donors (Lipinski definition) is 1. The third-order valence-electron chi connectivity index (χ3n) is 5.66. The highest BCUT2D eigenvalue weighted by molar-refractivity contribution is 9.10. The zero-order valence-electron chi connectivity index (χ0n) is 20.6. The summed E-state index contributed by atoms with van der Waals surface area (Å²) in [5.41, 5.74) is 1.94. The van der Waals surface area contributed by atoms with E-state index >= 15 is 0 Å². The molecule has 0 radical (unpaired) electrons. The van der Waals surface area contributed by atoms with Gasteiger partial charge in [-0.1, -0.05) is 76.1 Å². The predicted molar refractivity (Wildman–Crippen MR) is 151 cm³/mol. The maximum absolute atomic E-state index is 13.9. The summed E-state index contributed by atoms with van der Waals surface area (Å²) in [6, 6.07) is 22.3. The number of hydrogen-bond acceptors (Lipinski definition) is 4. The average molecular weight is 607 g/mol. The maximum Gasteiger partial charge on any atom is 0.244 e. The fourth-order valence-electron chi connectivity index (χ4n) is 3.88. The number of carbonyl (C=O) groups excluding carboxylic acids is 2. The van der Waals surface area contributed by atoms with Gasteiger partial charge in [-0.15, -0.1) is 0 Å². The van der Waals surface area contributed by atoms with Gasteiger partial charge in [0.25, 0.3) is 0 Å². The quantitative estimate of drug-likeness (QED) is 0.345. The Morgan fingerprint density at radius 2 is 1.65 bits per heavy atom. The lowest BCUT2D eigenvalue weighted by Crippen LogP contribution is -2.53. The molecule has 37 heavy (non-hydrogen) atoms. The van der Waals surface area contributed by atoms with Crippen molar-refractivity contribution in [3.63, 3.8) is 0 Å². The second-order valence-electron chi connectivity index (χ2n) is 8.50. The highest BCUT2D eigenvalue weighted by Gasteiger charge is 2.32. The Kier molecular flexibility index (Phi) is 10.1. The third-order valence-corrected chi connectivity index (χ3v) is 7.57. The Balaban J connectivity index is 2.03. The summed E-state index contributed by atoms with van der Waals surface area (Å²) >= 11 is 9.52. The van der Waals surface area contributed by atoms with Crippen molar-refractivity contribution in [3.05, 3.63) is 99.5 Å². The minimum Gasteiger partial charge on any atom is -0.355 e. The SMILES string of the molecule is CCNC(=O)[C@H](Cc1ccccc1)N(Cc1ccc(Br)cc1)C(=O)CN(c1cccc(Cl)c1)S(C)(=O)=O. The van der Waals surface area contributed by atoms with Crippen molar-refractivity contribution in [3.8, 4) is 0 Å². The van der Waals surface area contributed by atoms with Crippen LogP contribution in [-0.2, 0) is 32.6 Å². The first-order valence-corrected chi connectivity index (χ1v) is 14.7. The predicted octanol–water partition coefficient (Wildman–Crippen LogP) is 4.64. The first-order chi connectivity index (χ1) is 17.6. The number of likely N-dealkylation sites (N-methyl/N-ethyl adjacent to an activating group) is 1. The number of rotatable bonds is 11. The first-order valence-electron chi connectivity index (χ1n) is 11.7. The van der Waals surface area contributed by atoms with Gasteiger partial charge in [0.1, 0.15) is 12.6 Å². The molecule has 0 aromatic heterocycles. The van der Waals surface area contributed by atoms with Gasteiger partial charge in [-0.3, -0.25) is 13.9 Å². The lowest BCUT2D eigenvalue weighted by atomic mass is 10.0. The van der Waals surface area contributed by atoms with Crippen LogP contribution in [0, 0.1) is 0 Å². The van der Waals surface area contributed by atoms with E-state index in [1.165, 1.54) is 11.0 Å². The topological polar surface area (TPSA) is 86.8 Å². The van der Waals surface area contributed by atoms with Crippen LogP contribution in [-0.4, -0.2) is 50.5 Å². The molecule has 0 aliphatic heterocycles. The zero-order chi connectivity index (χ0) is 27.0. The largest absolute Gasteiger partial charge is 0.355 e. The van der Waals surface area contributed by atoms with Crippen LogP contribution in [0.5, 0.6) is 0 Å². The minimum absolute atomic E-state index is 0.119. The van der Waals surface area contributed by atoms with Crippen LogP contribution in [0.2, 0.25) is 5.02 Å². The van der Waals surface area contributed by atoms with Crippen molar-refractivity contribution in [2.75, 3.05) is 23.7 Å². The summed E-state index contributed by atoms with van der Waals surface area (Å²) in [5, 5.41) is 3.17. The highest BCUT2D eigenvalue weighted by atomic mass is 79.9. The molecule has 7 nitrogen and oxygen atoms in total. The Hall–Kier alpha value is -2.88. The third kappa shape index (κ3) is 8.31. The minimum atomic E-state index is -3.84. The molecule has 1 atom stereocenters. The van der Waals surface area contributed by atoms with Crippen LogP contribution in [0.4, 0.5) is 5.69 Å². The van der Waals surface area contributed by atoms with E-state index in [4.69, 9.17) is 11.6 Å². The smallest absolute Gasteiger partial charge is 0.244 e. The van der Waals surface area contributed by atoms with Crippen LogP contribution in [0.15, 0.2) is 83.3 Å². The molecular formula is C27H29BrClN3O4S. The molecule has 0 aliphatic rings. The zero-order valence-corrected chi connectivity index (χ0v) is 23.8. The number of amides is 2. The Morgan fingerprint density at radius 3 is 2.24 bits per heavy atom. The second kappa shape index (κ2) is 13.1. The van der Waals surface area contributed by atoms with Crippen molar-refractivity contribution in [1.29, 1.82) is 0 Å². The number of sulfonamides is 1. The van der Waals surface area contributed by atoms with Gasteiger partial charge >= 0.3 is 0 Å². The van der Waals surface area contributed by atoms with Gasteiger partial charge < -0.3 is 10.2 Å². The van der Waals surface area contributed by atoms with Gasteiger partial charge in [-0.05, 0) is 48.4 Å². The molecular weight excluding hydrogens is 578 g/mol. The maximum atomic E-state index is 13.9. The van der Waals surface area contributed by atoms with Crippen molar-refractivity contribution >= 4 is 55.1 Å². The van der Waals surface area contributed by atoms with E-state index in [2.05, 4.69) is 21.2 Å². The van der Waals surface area contributed by atoms with Gasteiger partial charge in [0.15, 0.2) is 0 Å². The molecule has 0 bridgehead atoms. The molecule has 0 saturated heterocycles. The van der Waals surface area contributed by atoms with Gasteiger partial charge in [-0.2, -0.15) is 0 Å². The van der Waals surface area contributed by atoms with Gasteiger partial charge in [0.05, 0.1) is 11.9 Å². The molecule has 0 heterocycles. The number of benzene rings is 3. The summed E-state index contributed by atoms with van der Waals surface area (Å²) in [4.78, 5) is 28.6. The number of carbonyl (C=O) groups is 2. The van der Waals surface area contributed by atoms with E-state index in [9.17, 15) is 18.0 Å². The van der Waals surface area contributed by atoms with Gasteiger partial charge in [0, 0.05) is 29.0 Å². The molecule has 196 valence electrons. The number of halogens is 2. The molecule has 10 heteroatoms. The Labute approximate surface area is 231 Å². The van der Waals surface area contributed by atoms with Crippen LogP contribution in [0.1, 0.15) is 18.1 Å². The van der Waals surface area contributed by atoms with Crippen molar-refractivity contribution in [2.45, 2.75) is 25.9 Å². The molecule has 0 fully saturated rings. The molecule has 3 aromatic carbocycles. The normalized spacial score (nSPS) is 12.0. The summed E-state index contributed by atoms with van der Waals surface area (Å²) in [7, 11) is -3.84. The molecule has 0 unspecified atom stereocenters. The van der Waals surface area contributed by atoms with Crippen molar-refractivity contribution in [2.24, 2.45) is 0 Å². The summed E-state index contributed by atoms with van der Waals surface area (Å²) in [6.07, 6.45) is 1.30. The van der Waals surface area contributed by atoms with Crippen molar-refractivity contribution in [1.82, 2.24) is 10.2 Å². The highest BCUT2D eigenvalue weighted by Crippen LogP contribution is 2.23. The van der Waals surface area contributed by atoms with Crippen LogP contribution in [0.3, 0.4) is 0 Å².